The topological polar surface area (TPSA) is 66.6 Å². The molecular weight excluding hydrogens is 280 g/mol. The van der Waals surface area contributed by atoms with Crippen molar-refractivity contribution in [2.45, 2.75) is 50.4 Å². The maximum absolute atomic E-state index is 10.9. The molecule has 1 N–H and O–H groups in total. The summed E-state index contributed by atoms with van der Waals surface area (Å²) in [6.07, 6.45) is 3.57. The molecule has 5 nitrogen and oxygen atoms in total. The van der Waals surface area contributed by atoms with Crippen LogP contribution in [-0.4, -0.2) is 33.1 Å². The Bertz CT molecular complexity index is 523. The van der Waals surface area contributed by atoms with Gasteiger partial charge in [-0.25, -0.2) is 0 Å². The maximum Gasteiger partial charge on any atom is 0.269 e. The average Bonchev–Trinajstić information content (AvgIpc) is 2.64. The Morgan fingerprint density at radius 2 is 2.00 bits per heavy atom. The summed E-state index contributed by atoms with van der Waals surface area (Å²) in [7, 11) is 0. The molecule has 3 rings (SSSR count). The monoisotopic (exact) mass is 296 g/mol. The summed E-state index contributed by atoms with van der Waals surface area (Å²) >= 11 is 6.17. The van der Waals surface area contributed by atoms with Gasteiger partial charge in [-0.2, -0.15) is 0 Å². The fourth-order valence-corrected chi connectivity index (χ4v) is 3.67. The molecule has 20 heavy (non-hydrogen) atoms. The number of non-ortho nitro benzene ring substituents is 1. The van der Waals surface area contributed by atoms with E-state index in [9.17, 15) is 15.2 Å². The van der Waals surface area contributed by atoms with E-state index in [1.807, 2.05) is 0 Å². The highest BCUT2D eigenvalue weighted by Crippen LogP contribution is 2.37. The molecule has 2 bridgehead atoms. The third kappa shape index (κ3) is 2.53. The van der Waals surface area contributed by atoms with E-state index in [4.69, 9.17) is 11.6 Å². The number of rotatable bonds is 3. The third-order valence-corrected chi connectivity index (χ3v) is 4.82. The van der Waals surface area contributed by atoms with Crippen molar-refractivity contribution >= 4 is 17.3 Å². The van der Waals surface area contributed by atoms with E-state index in [1.54, 1.807) is 12.1 Å². The molecule has 0 radical (unpaired) electrons. The molecule has 2 atom stereocenters. The quantitative estimate of drug-likeness (QED) is 0.688. The van der Waals surface area contributed by atoms with E-state index in [-0.39, 0.29) is 11.8 Å². The number of nitro benzene ring substituents is 1. The van der Waals surface area contributed by atoms with Crippen LogP contribution < -0.4 is 0 Å². The van der Waals surface area contributed by atoms with Crippen molar-refractivity contribution in [1.82, 2.24) is 4.90 Å². The van der Waals surface area contributed by atoms with Crippen molar-refractivity contribution in [2.75, 3.05) is 0 Å². The molecule has 2 aliphatic heterocycles. The smallest absolute Gasteiger partial charge is 0.269 e. The fourth-order valence-electron chi connectivity index (χ4n) is 3.50. The first-order chi connectivity index (χ1) is 9.54. The Kier molecular flexibility index (Phi) is 3.67. The Hall–Kier alpha value is -1.17. The van der Waals surface area contributed by atoms with Gasteiger partial charge < -0.3 is 5.11 Å². The van der Waals surface area contributed by atoms with Gasteiger partial charge in [-0.15, -0.1) is 0 Å². The number of hydrogen-bond donors (Lipinski definition) is 1. The summed E-state index contributed by atoms with van der Waals surface area (Å²) in [5, 5.41) is 21.2. The zero-order valence-corrected chi connectivity index (χ0v) is 11.8. The Balaban J connectivity index is 1.81. The zero-order valence-electron chi connectivity index (χ0n) is 11.0. The SMILES string of the molecule is O=[N+]([O-])c1ccc(Cl)c(CN2C3CCC2CC(O)C3)c1. The molecule has 0 aliphatic carbocycles. The summed E-state index contributed by atoms with van der Waals surface area (Å²) in [6.45, 7) is 0.628. The van der Waals surface area contributed by atoms with Crippen molar-refractivity contribution in [1.29, 1.82) is 0 Å². The van der Waals surface area contributed by atoms with Crippen LogP contribution in [0, 0.1) is 10.1 Å². The third-order valence-electron chi connectivity index (χ3n) is 4.45. The second kappa shape index (κ2) is 5.31. The Labute approximate surface area is 122 Å². The Morgan fingerprint density at radius 1 is 1.35 bits per heavy atom. The van der Waals surface area contributed by atoms with Gasteiger partial charge in [-0.05, 0) is 37.3 Å². The average molecular weight is 297 g/mol. The van der Waals surface area contributed by atoms with Crippen LogP contribution in [0.2, 0.25) is 5.02 Å². The molecule has 1 aromatic carbocycles. The normalized spacial score (nSPS) is 29.6. The van der Waals surface area contributed by atoms with Gasteiger partial charge in [-0.3, -0.25) is 15.0 Å². The van der Waals surface area contributed by atoms with Crippen LogP contribution in [0.1, 0.15) is 31.2 Å². The van der Waals surface area contributed by atoms with Gasteiger partial charge in [0, 0.05) is 35.8 Å². The first-order valence-corrected chi connectivity index (χ1v) is 7.29. The van der Waals surface area contributed by atoms with Gasteiger partial charge in [0.1, 0.15) is 0 Å². The van der Waals surface area contributed by atoms with Gasteiger partial charge in [0.2, 0.25) is 0 Å². The van der Waals surface area contributed by atoms with E-state index < -0.39 is 4.92 Å². The lowest BCUT2D eigenvalue weighted by atomic mass is 9.99. The van der Waals surface area contributed by atoms with E-state index in [1.165, 1.54) is 6.07 Å². The summed E-state index contributed by atoms with van der Waals surface area (Å²) in [5.74, 6) is 0. The summed E-state index contributed by atoms with van der Waals surface area (Å²) < 4.78 is 0. The zero-order chi connectivity index (χ0) is 14.3. The van der Waals surface area contributed by atoms with Gasteiger partial charge in [0.25, 0.3) is 5.69 Å². The van der Waals surface area contributed by atoms with E-state index in [2.05, 4.69) is 4.90 Å². The number of hydrogen-bond acceptors (Lipinski definition) is 4. The fraction of sp³-hybridized carbons (Fsp3) is 0.571. The number of fused-ring (bicyclic) bond motifs is 2. The Morgan fingerprint density at radius 3 is 2.60 bits per heavy atom. The molecule has 2 unspecified atom stereocenters. The molecule has 2 heterocycles. The van der Waals surface area contributed by atoms with Crippen LogP contribution in [-0.2, 0) is 6.54 Å². The van der Waals surface area contributed by atoms with E-state index in [0.717, 1.165) is 31.2 Å². The van der Waals surface area contributed by atoms with Crippen molar-refractivity contribution in [3.8, 4) is 0 Å². The van der Waals surface area contributed by atoms with Crippen LogP contribution in [0.4, 0.5) is 5.69 Å². The minimum atomic E-state index is -0.394. The molecule has 0 spiro atoms. The first-order valence-electron chi connectivity index (χ1n) is 6.91. The highest BCUT2D eigenvalue weighted by atomic mass is 35.5. The van der Waals surface area contributed by atoms with Crippen LogP contribution >= 0.6 is 11.6 Å². The van der Waals surface area contributed by atoms with Crippen LogP contribution in [0.3, 0.4) is 0 Å². The highest BCUT2D eigenvalue weighted by Gasteiger charge is 2.40. The molecule has 108 valence electrons. The molecule has 2 aliphatic rings. The molecule has 1 aromatic rings. The molecule has 2 saturated heterocycles. The number of piperidine rings is 1. The standard InChI is InChI=1S/C14H17ClN2O3/c15-14-4-3-12(17(19)20)5-9(14)8-16-10-1-2-11(16)7-13(18)6-10/h3-5,10-11,13,18H,1-2,6-8H2. The van der Waals surface area contributed by atoms with Crippen molar-refractivity contribution < 1.29 is 10.0 Å². The van der Waals surface area contributed by atoms with Gasteiger partial charge in [0.05, 0.1) is 11.0 Å². The summed E-state index contributed by atoms with van der Waals surface area (Å²) in [6, 6.07) is 5.33. The number of aliphatic hydroxyl groups excluding tert-OH is 1. The highest BCUT2D eigenvalue weighted by molar-refractivity contribution is 6.31. The van der Waals surface area contributed by atoms with E-state index >= 15 is 0 Å². The maximum atomic E-state index is 10.9. The van der Waals surface area contributed by atoms with Crippen LogP contribution in [0.25, 0.3) is 0 Å². The molecule has 0 saturated carbocycles. The predicted octanol–water partition coefficient (Wildman–Crippen LogP) is 2.74. The van der Waals surface area contributed by atoms with Crippen molar-refractivity contribution in [2.24, 2.45) is 0 Å². The first kappa shape index (κ1) is 13.8. The summed E-state index contributed by atoms with van der Waals surface area (Å²) in [5.41, 5.74) is 0.878. The number of nitrogens with zero attached hydrogens (tertiary/aromatic N) is 2. The van der Waals surface area contributed by atoms with Crippen LogP contribution in [0.5, 0.6) is 0 Å². The molecule has 2 fully saturated rings. The predicted molar refractivity (Wildman–Crippen MR) is 75.7 cm³/mol. The second-order valence-corrected chi connectivity index (χ2v) is 6.12. The molecule has 6 heteroatoms. The van der Waals surface area contributed by atoms with Gasteiger partial charge in [0.15, 0.2) is 0 Å². The summed E-state index contributed by atoms with van der Waals surface area (Å²) in [4.78, 5) is 12.8. The lowest BCUT2D eigenvalue weighted by molar-refractivity contribution is -0.384. The van der Waals surface area contributed by atoms with Gasteiger partial charge >= 0.3 is 0 Å². The number of benzene rings is 1. The second-order valence-electron chi connectivity index (χ2n) is 5.72. The molecule has 0 amide bonds. The molecular formula is C14H17ClN2O3. The van der Waals surface area contributed by atoms with Crippen molar-refractivity contribution in [3.63, 3.8) is 0 Å². The minimum Gasteiger partial charge on any atom is -0.393 e. The van der Waals surface area contributed by atoms with E-state index in [0.29, 0.717) is 23.7 Å². The number of halogens is 1. The minimum absolute atomic E-state index is 0.0776. The lowest BCUT2D eigenvalue weighted by Crippen LogP contribution is -2.44. The number of aliphatic hydroxyl groups is 1. The van der Waals surface area contributed by atoms with Gasteiger partial charge in [-0.1, -0.05) is 11.6 Å². The van der Waals surface area contributed by atoms with Crippen LogP contribution in [0.15, 0.2) is 18.2 Å². The number of nitro groups is 1. The lowest BCUT2D eigenvalue weighted by Gasteiger charge is -2.37. The molecule has 0 aromatic heterocycles. The largest absolute Gasteiger partial charge is 0.393 e. The van der Waals surface area contributed by atoms with Crippen molar-refractivity contribution in [3.05, 3.63) is 38.9 Å².